The van der Waals surface area contributed by atoms with E-state index in [1.165, 1.54) is 17.7 Å². The van der Waals surface area contributed by atoms with E-state index in [4.69, 9.17) is 11.6 Å². The fourth-order valence-corrected chi connectivity index (χ4v) is 2.13. The van der Waals surface area contributed by atoms with E-state index in [9.17, 15) is 4.39 Å². The van der Waals surface area contributed by atoms with Crippen LogP contribution in [0.15, 0.2) is 40.9 Å². The minimum absolute atomic E-state index is 0.329. The van der Waals surface area contributed by atoms with E-state index in [1.54, 1.807) is 6.07 Å². The van der Waals surface area contributed by atoms with Gasteiger partial charge >= 0.3 is 0 Å². The van der Waals surface area contributed by atoms with Crippen LogP contribution >= 0.6 is 27.5 Å². The number of hydrogen-bond acceptors (Lipinski definition) is 1. The van der Waals surface area contributed by atoms with Gasteiger partial charge in [0.2, 0.25) is 0 Å². The molecule has 1 nitrogen and oxygen atoms in total. The van der Waals surface area contributed by atoms with Gasteiger partial charge in [-0.1, -0.05) is 39.7 Å². The van der Waals surface area contributed by atoms with E-state index in [1.807, 2.05) is 19.1 Å². The lowest BCUT2D eigenvalue weighted by atomic mass is 10.1. The SMILES string of the molecule is Cc1cc(CNc2ccc(F)cc2Cl)ccc1Br. The number of hydrogen-bond donors (Lipinski definition) is 1. The third kappa shape index (κ3) is 3.24. The molecule has 1 N–H and O–H groups in total. The molecule has 0 atom stereocenters. The topological polar surface area (TPSA) is 12.0 Å². The van der Waals surface area contributed by atoms with Crippen LogP contribution in [0, 0.1) is 12.7 Å². The number of anilines is 1. The van der Waals surface area contributed by atoms with Crippen molar-refractivity contribution in [3.05, 3.63) is 62.8 Å². The Labute approximate surface area is 119 Å². The second-order valence-corrected chi connectivity index (χ2v) is 5.32. The Morgan fingerprint density at radius 1 is 1.22 bits per heavy atom. The maximum Gasteiger partial charge on any atom is 0.124 e. The highest BCUT2D eigenvalue weighted by Gasteiger charge is 2.02. The highest BCUT2D eigenvalue weighted by Crippen LogP contribution is 2.23. The zero-order valence-corrected chi connectivity index (χ0v) is 12.1. The quantitative estimate of drug-likeness (QED) is 0.820. The standard InChI is InChI=1S/C14H12BrClFN/c1-9-6-10(2-4-12(9)15)8-18-14-5-3-11(17)7-13(14)16/h2-7,18H,8H2,1H3. The molecule has 0 saturated carbocycles. The predicted octanol–water partition coefficient (Wildman–Crippen LogP) is 5.16. The lowest BCUT2D eigenvalue weighted by Gasteiger charge is -2.09. The van der Waals surface area contributed by atoms with Crippen LogP contribution in [0.25, 0.3) is 0 Å². The van der Waals surface area contributed by atoms with E-state index >= 15 is 0 Å². The molecule has 0 aromatic heterocycles. The second-order valence-electron chi connectivity index (χ2n) is 4.06. The van der Waals surface area contributed by atoms with Crippen molar-refractivity contribution in [2.45, 2.75) is 13.5 Å². The molecule has 0 amide bonds. The fraction of sp³-hybridized carbons (Fsp3) is 0.143. The van der Waals surface area contributed by atoms with Crippen molar-refractivity contribution in [2.75, 3.05) is 5.32 Å². The Balaban J connectivity index is 2.09. The van der Waals surface area contributed by atoms with E-state index in [2.05, 4.69) is 27.3 Å². The lowest BCUT2D eigenvalue weighted by molar-refractivity contribution is 0.628. The first-order chi connectivity index (χ1) is 8.56. The minimum Gasteiger partial charge on any atom is -0.380 e. The Bertz CT molecular complexity index is 572. The van der Waals surface area contributed by atoms with E-state index in [0.717, 1.165) is 15.7 Å². The molecule has 2 aromatic carbocycles. The van der Waals surface area contributed by atoms with Gasteiger partial charge in [-0.2, -0.15) is 0 Å². The van der Waals surface area contributed by atoms with Gasteiger partial charge in [0.1, 0.15) is 5.82 Å². The maximum absolute atomic E-state index is 12.9. The smallest absolute Gasteiger partial charge is 0.124 e. The van der Waals surface area contributed by atoms with Gasteiger partial charge in [-0.25, -0.2) is 4.39 Å². The molecule has 2 aromatic rings. The van der Waals surface area contributed by atoms with Gasteiger partial charge in [0.15, 0.2) is 0 Å². The first-order valence-electron chi connectivity index (χ1n) is 5.50. The summed E-state index contributed by atoms with van der Waals surface area (Å²) in [6, 6.07) is 10.5. The van der Waals surface area contributed by atoms with Crippen molar-refractivity contribution >= 4 is 33.2 Å². The molecule has 0 spiro atoms. The highest BCUT2D eigenvalue weighted by molar-refractivity contribution is 9.10. The van der Waals surface area contributed by atoms with Crippen molar-refractivity contribution in [3.63, 3.8) is 0 Å². The zero-order chi connectivity index (χ0) is 13.1. The molecule has 0 radical (unpaired) electrons. The molecule has 18 heavy (non-hydrogen) atoms. The summed E-state index contributed by atoms with van der Waals surface area (Å²) in [5, 5.41) is 3.58. The van der Waals surface area contributed by atoms with Crippen LogP contribution in [0.3, 0.4) is 0 Å². The summed E-state index contributed by atoms with van der Waals surface area (Å²) in [6.07, 6.45) is 0. The molecule has 0 aliphatic heterocycles. The number of halogens is 3. The second kappa shape index (κ2) is 5.72. The molecule has 0 heterocycles. The summed E-state index contributed by atoms with van der Waals surface area (Å²) in [7, 11) is 0. The summed E-state index contributed by atoms with van der Waals surface area (Å²) >= 11 is 9.40. The molecule has 0 bridgehead atoms. The summed E-state index contributed by atoms with van der Waals surface area (Å²) in [4.78, 5) is 0. The van der Waals surface area contributed by atoms with Crippen LogP contribution in [-0.4, -0.2) is 0 Å². The summed E-state index contributed by atoms with van der Waals surface area (Å²) in [5.74, 6) is -0.329. The van der Waals surface area contributed by atoms with Crippen LogP contribution in [-0.2, 0) is 6.54 Å². The van der Waals surface area contributed by atoms with Crippen molar-refractivity contribution in [1.82, 2.24) is 0 Å². The number of aryl methyl sites for hydroxylation is 1. The minimum atomic E-state index is -0.329. The van der Waals surface area contributed by atoms with E-state index in [0.29, 0.717) is 11.6 Å². The summed E-state index contributed by atoms with van der Waals surface area (Å²) < 4.78 is 14.0. The van der Waals surface area contributed by atoms with Crippen LogP contribution < -0.4 is 5.32 Å². The third-order valence-corrected chi connectivity index (χ3v) is 3.84. The van der Waals surface area contributed by atoms with E-state index in [-0.39, 0.29) is 5.82 Å². The van der Waals surface area contributed by atoms with Crippen molar-refractivity contribution < 1.29 is 4.39 Å². The van der Waals surface area contributed by atoms with Gasteiger partial charge in [0, 0.05) is 11.0 Å². The number of benzene rings is 2. The number of nitrogens with one attached hydrogen (secondary N) is 1. The van der Waals surface area contributed by atoms with Crippen LogP contribution in [0.1, 0.15) is 11.1 Å². The number of rotatable bonds is 3. The average molecular weight is 329 g/mol. The molecule has 4 heteroatoms. The molecule has 2 rings (SSSR count). The van der Waals surface area contributed by atoms with Gasteiger partial charge in [0.25, 0.3) is 0 Å². The maximum atomic E-state index is 12.9. The fourth-order valence-electron chi connectivity index (χ4n) is 1.65. The Kier molecular flexibility index (Phi) is 4.25. The van der Waals surface area contributed by atoms with E-state index < -0.39 is 0 Å². The van der Waals surface area contributed by atoms with Gasteiger partial charge < -0.3 is 5.32 Å². The molecular formula is C14H12BrClFN. The lowest BCUT2D eigenvalue weighted by Crippen LogP contribution is -2.00. The van der Waals surface area contributed by atoms with Gasteiger partial charge in [-0.15, -0.1) is 0 Å². The molecule has 94 valence electrons. The van der Waals surface area contributed by atoms with Crippen LogP contribution in [0.5, 0.6) is 0 Å². The van der Waals surface area contributed by atoms with Crippen molar-refractivity contribution in [2.24, 2.45) is 0 Å². The average Bonchev–Trinajstić information content (AvgIpc) is 2.32. The summed E-state index contributed by atoms with van der Waals surface area (Å²) in [5.41, 5.74) is 3.06. The summed E-state index contributed by atoms with van der Waals surface area (Å²) in [6.45, 7) is 2.69. The Morgan fingerprint density at radius 2 is 2.00 bits per heavy atom. The molecule has 0 fully saturated rings. The van der Waals surface area contributed by atoms with Gasteiger partial charge in [-0.05, 0) is 42.3 Å². The predicted molar refractivity (Wildman–Crippen MR) is 77.6 cm³/mol. The van der Waals surface area contributed by atoms with Crippen LogP contribution in [0.4, 0.5) is 10.1 Å². The Hall–Kier alpha value is -1.06. The molecule has 0 unspecified atom stereocenters. The molecule has 0 aliphatic carbocycles. The Morgan fingerprint density at radius 3 is 2.67 bits per heavy atom. The molecular weight excluding hydrogens is 317 g/mol. The third-order valence-electron chi connectivity index (χ3n) is 2.64. The largest absolute Gasteiger partial charge is 0.380 e. The highest BCUT2D eigenvalue weighted by atomic mass is 79.9. The monoisotopic (exact) mass is 327 g/mol. The van der Waals surface area contributed by atoms with Gasteiger partial charge in [0.05, 0.1) is 10.7 Å². The normalized spacial score (nSPS) is 10.4. The van der Waals surface area contributed by atoms with Gasteiger partial charge in [-0.3, -0.25) is 0 Å². The first-order valence-corrected chi connectivity index (χ1v) is 6.67. The zero-order valence-electron chi connectivity index (χ0n) is 9.81. The van der Waals surface area contributed by atoms with Crippen molar-refractivity contribution in [1.29, 1.82) is 0 Å². The first kappa shape index (κ1) is 13.4. The molecule has 0 saturated heterocycles. The van der Waals surface area contributed by atoms with Crippen LogP contribution in [0.2, 0.25) is 5.02 Å². The molecule has 0 aliphatic rings. The van der Waals surface area contributed by atoms with Crippen molar-refractivity contribution in [3.8, 4) is 0 Å².